The van der Waals surface area contributed by atoms with Gasteiger partial charge in [-0.3, -0.25) is 0 Å². The summed E-state index contributed by atoms with van der Waals surface area (Å²) in [6.07, 6.45) is 14.4. The van der Waals surface area contributed by atoms with Gasteiger partial charge in [-0.1, -0.05) is 96.3 Å². The van der Waals surface area contributed by atoms with Gasteiger partial charge in [-0.25, -0.2) is 9.59 Å². The summed E-state index contributed by atoms with van der Waals surface area (Å²) in [7, 11) is 0. The Balaban J connectivity index is 2.10. The second-order valence-corrected chi connectivity index (χ2v) is 9.22. The van der Waals surface area contributed by atoms with Crippen LogP contribution in [-0.4, -0.2) is 18.5 Å². The van der Waals surface area contributed by atoms with Gasteiger partial charge in [-0.2, -0.15) is 0 Å². The van der Waals surface area contributed by atoms with Crippen molar-refractivity contribution in [3.8, 4) is 5.75 Å². The third-order valence-electron chi connectivity index (χ3n) is 6.17. The highest BCUT2D eigenvalue weighted by atomic mass is 16.5. The molecular weight excluding hydrogens is 438 g/mol. The van der Waals surface area contributed by atoms with E-state index in [0.717, 1.165) is 44.1 Å². The van der Waals surface area contributed by atoms with Crippen molar-refractivity contribution < 1.29 is 19.1 Å². The number of esters is 2. The van der Waals surface area contributed by atoms with Gasteiger partial charge in [0.1, 0.15) is 5.75 Å². The lowest BCUT2D eigenvalue weighted by molar-refractivity contribution is 0.0488. The highest BCUT2D eigenvalue weighted by molar-refractivity contribution is 6.04. The fraction of sp³-hybridized carbons (Fsp3) is 0.533. The van der Waals surface area contributed by atoms with Crippen LogP contribution in [-0.2, 0) is 11.2 Å². The van der Waals surface area contributed by atoms with Gasteiger partial charge >= 0.3 is 11.9 Å². The molecule has 35 heavy (non-hydrogen) atoms. The number of carbonyl (C=O) groups is 2. The minimum absolute atomic E-state index is 0.240. The van der Waals surface area contributed by atoms with Crippen LogP contribution in [0.15, 0.2) is 42.5 Å². The zero-order chi connectivity index (χ0) is 25.3. The Morgan fingerprint density at radius 1 is 0.743 bits per heavy atom. The molecule has 2 rings (SSSR count). The summed E-state index contributed by atoms with van der Waals surface area (Å²) in [4.78, 5) is 26.2. The maximum absolute atomic E-state index is 13.2. The van der Waals surface area contributed by atoms with Crippen LogP contribution in [0.3, 0.4) is 0 Å². The van der Waals surface area contributed by atoms with Crippen molar-refractivity contribution in [1.29, 1.82) is 0 Å². The third kappa shape index (κ3) is 10.5. The molecule has 0 heterocycles. The van der Waals surface area contributed by atoms with E-state index in [4.69, 9.17) is 15.2 Å². The molecule has 0 aliphatic carbocycles. The number of unbranched alkanes of at least 4 members (excludes halogenated alkanes) is 10. The van der Waals surface area contributed by atoms with E-state index in [1.165, 1.54) is 44.9 Å². The van der Waals surface area contributed by atoms with Crippen LogP contribution in [0, 0.1) is 0 Å². The Labute approximate surface area is 211 Å². The van der Waals surface area contributed by atoms with E-state index in [1.807, 2.05) is 12.1 Å². The van der Waals surface area contributed by atoms with Crippen LogP contribution in [0.2, 0.25) is 0 Å². The number of rotatable bonds is 17. The monoisotopic (exact) mass is 481 g/mol. The number of hydrogen-bond donors (Lipinski definition) is 1. The Kier molecular flexibility index (Phi) is 13.6. The standard InChI is InChI=1S/C30H43NO4/c1-3-5-7-9-11-13-17-24-18-15-21-27(29(32)35-26-20-16-19-25(31)23-26)28(24)30(33)34-22-14-12-10-8-6-4-2/h15-16,18-21,23H,3-14,17,22,31H2,1-2H3. The SMILES string of the molecule is CCCCCCCCOC(=O)c1c(CCCCCCCC)cccc1C(=O)Oc1cccc(N)c1. The van der Waals surface area contributed by atoms with Gasteiger partial charge in [0.25, 0.3) is 0 Å². The van der Waals surface area contributed by atoms with E-state index in [2.05, 4.69) is 13.8 Å². The number of ether oxygens (including phenoxy) is 2. The average Bonchev–Trinajstić information content (AvgIpc) is 2.85. The molecule has 0 saturated carbocycles. The predicted molar refractivity (Wildman–Crippen MR) is 143 cm³/mol. The summed E-state index contributed by atoms with van der Waals surface area (Å²) >= 11 is 0. The molecule has 0 bridgehead atoms. The summed E-state index contributed by atoms with van der Waals surface area (Å²) in [5.74, 6) is -0.672. The summed E-state index contributed by atoms with van der Waals surface area (Å²) in [5, 5.41) is 0. The summed E-state index contributed by atoms with van der Waals surface area (Å²) < 4.78 is 11.2. The first kappa shape index (κ1) is 28.4. The molecule has 0 radical (unpaired) electrons. The van der Waals surface area contributed by atoms with Crippen molar-refractivity contribution in [2.75, 3.05) is 12.3 Å². The van der Waals surface area contributed by atoms with Gasteiger partial charge in [-0.05, 0) is 43.0 Å². The highest BCUT2D eigenvalue weighted by Gasteiger charge is 2.23. The molecule has 0 spiro atoms. The number of benzene rings is 2. The van der Waals surface area contributed by atoms with E-state index in [-0.39, 0.29) is 5.56 Å². The molecule has 0 saturated heterocycles. The van der Waals surface area contributed by atoms with E-state index < -0.39 is 11.9 Å². The molecule has 0 aromatic heterocycles. The molecule has 0 atom stereocenters. The largest absolute Gasteiger partial charge is 0.462 e. The number of carbonyl (C=O) groups excluding carboxylic acids is 2. The topological polar surface area (TPSA) is 78.6 Å². The maximum Gasteiger partial charge on any atom is 0.344 e. The van der Waals surface area contributed by atoms with E-state index in [0.29, 0.717) is 23.6 Å². The van der Waals surface area contributed by atoms with E-state index in [1.54, 1.807) is 30.3 Å². The molecule has 2 aromatic carbocycles. The molecule has 2 aromatic rings. The summed E-state index contributed by atoms with van der Waals surface area (Å²) in [5.41, 5.74) is 7.74. The van der Waals surface area contributed by atoms with Crippen LogP contribution in [0.1, 0.15) is 117 Å². The van der Waals surface area contributed by atoms with Crippen LogP contribution in [0.4, 0.5) is 5.69 Å². The van der Waals surface area contributed by atoms with Gasteiger partial charge in [0, 0.05) is 11.8 Å². The number of hydrogen-bond acceptors (Lipinski definition) is 5. The number of nitrogen functional groups attached to an aromatic ring is 1. The number of aryl methyl sites for hydroxylation is 1. The molecular formula is C30H43NO4. The highest BCUT2D eigenvalue weighted by Crippen LogP contribution is 2.23. The zero-order valence-electron chi connectivity index (χ0n) is 21.7. The quantitative estimate of drug-likeness (QED) is 0.107. The van der Waals surface area contributed by atoms with Crippen molar-refractivity contribution in [1.82, 2.24) is 0 Å². The van der Waals surface area contributed by atoms with Gasteiger partial charge in [0.05, 0.1) is 17.7 Å². The Hall–Kier alpha value is -2.82. The second kappa shape index (κ2) is 16.7. The van der Waals surface area contributed by atoms with Crippen molar-refractivity contribution >= 4 is 17.6 Å². The molecule has 0 aliphatic heterocycles. The fourth-order valence-electron chi connectivity index (χ4n) is 4.17. The molecule has 0 unspecified atom stereocenters. The van der Waals surface area contributed by atoms with Crippen molar-refractivity contribution in [3.63, 3.8) is 0 Å². The molecule has 5 nitrogen and oxygen atoms in total. The maximum atomic E-state index is 13.2. The molecule has 5 heteroatoms. The lowest BCUT2D eigenvalue weighted by Gasteiger charge is -2.14. The fourth-order valence-corrected chi connectivity index (χ4v) is 4.17. The first-order valence-electron chi connectivity index (χ1n) is 13.4. The van der Waals surface area contributed by atoms with Gasteiger partial charge in [-0.15, -0.1) is 0 Å². The lowest BCUT2D eigenvalue weighted by atomic mass is 9.96. The van der Waals surface area contributed by atoms with Gasteiger partial charge < -0.3 is 15.2 Å². The molecule has 0 aliphatic rings. The van der Waals surface area contributed by atoms with Crippen molar-refractivity contribution in [2.45, 2.75) is 97.3 Å². The third-order valence-corrected chi connectivity index (χ3v) is 6.17. The van der Waals surface area contributed by atoms with Gasteiger partial charge in [0.2, 0.25) is 0 Å². The van der Waals surface area contributed by atoms with Crippen molar-refractivity contribution in [3.05, 3.63) is 59.2 Å². The minimum Gasteiger partial charge on any atom is -0.462 e. The first-order chi connectivity index (χ1) is 17.1. The van der Waals surface area contributed by atoms with Crippen molar-refractivity contribution in [2.24, 2.45) is 0 Å². The average molecular weight is 482 g/mol. The van der Waals surface area contributed by atoms with Crippen LogP contribution >= 0.6 is 0 Å². The molecule has 0 amide bonds. The normalized spacial score (nSPS) is 10.8. The van der Waals surface area contributed by atoms with E-state index >= 15 is 0 Å². The smallest absolute Gasteiger partial charge is 0.344 e. The Morgan fingerprint density at radius 3 is 2.06 bits per heavy atom. The summed E-state index contributed by atoms with van der Waals surface area (Å²) in [6, 6.07) is 12.1. The van der Waals surface area contributed by atoms with Crippen LogP contribution in [0.5, 0.6) is 5.75 Å². The van der Waals surface area contributed by atoms with Crippen LogP contribution in [0.25, 0.3) is 0 Å². The number of anilines is 1. The molecule has 2 N–H and O–H groups in total. The Bertz CT molecular complexity index is 909. The van der Waals surface area contributed by atoms with Crippen LogP contribution < -0.4 is 10.5 Å². The second-order valence-electron chi connectivity index (χ2n) is 9.22. The van der Waals surface area contributed by atoms with E-state index in [9.17, 15) is 9.59 Å². The number of nitrogens with two attached hydrogens (primary N) is 1. The summed E-state index contributed by atoms with van der Waals surface area (Å²) in [6.45, 7) is 4.76. The predicted octanol–water partition coefficient (Wildman–Crippen LogP) is 7.91. The Morgan fingerprint density at radius 2 is 1.37 bits per heavy atom. The zero-order valence-corrected chi connectivity index (χ0v) is 21.7. The molecule has 0 fully saturated rings. The minimum atomic E-state index is -0.577. The first-order valence-corrected chi connectivity index (χ1v) is 13.4. The lowest BCUT2D eigenvalue weighted by Crippen LogP contribution is -2.18. The molecule has 192 valence electrons. The van der Waals surface area contributed by atoms with Gasteiger partial charge in [0.15, 0.2) is 0 Å².